The first-order valence-corrected chi connectivity index (χ1v) is 9.22. The Morgan fingerprint density at radius 1 is 0.739 bits per heavy atom. The van der Waals surface area contributed by atoms with Crippen molar-refractivity contribution in [1.29, 1.82) is 0 Å². The molecule has 7 nitrogen and oxygen atoms in total. The Bertz CT molecular complexity index is 881. The van der Waals surface area contributed by atoms with Crippen LogP contribution in [0.3, 0.4) is 0 Å². The highest BCUT2D eigenvalue weighted by atomic mass is 32.2. The van der Waals surface area contributed by atoms with Gasteiger partial charge in [-0.2, -0.15) is 16.8 Å². The Morgan fingerprint density at radius 3 is 1.39 bits per heavy atom. The van der Waals surface area contributed by atoms with Gasteiger partial charge in [0.15, 0.2) is 0 Å². The van der Waals surface area contributed by atoms with Crippen molar-refractivity contribution in [2.75, 3.05) is 0 Å². The zero-order valence-corrected chi connectivity index (χ0v) is 13.8. The summed E-state index contributed by atoms with van der Waals surface area (Å²) >= 11 is 0. The van der Waals surface area contributed by atoms with Crippen LogP contribution in [-0.2, 0) is 20.2 Å². The fraction of sp³-hybridized carbons (Fsp3) is 0.143. The topological polar surface area (TPSA) is 118 Å². The second-order valence-electron chi connectivity index (χ2n) is 4.81. The third-order valence-corrected chi connectivity index (χ3v) is 5.24. The van der Waals surface area contributed by atoms with Gasteiger partial charge in [0.25, 0.3) is 20.2 Å². The predicted molar refractivity (Wildman–Crippen MR) is 82.1 cm³/mol. The SMILES string of the molecule is Cc1c(Oc2cccc(S(=O)(=O)O)c2C)cccc1S(=O)(=O)O. The van der Waals surface area contributed by atoms with Crippen LogP contribution in [0.15, 0.2) is 46.2 Å². The molecule has 124 valence electrons. The molecule has 0 fully saturated rings. The van der Waals surface area contributed by atoms with Gasteiger partial charge >= 0.3 is 0 Å². The number of rotatable bonds is 4. The average molecular weight is 358 g/mol. The number of benzene rings is 2. The monoisotopic (exact) mass is 358 g/mol. The lowest BCUT2D eigenvalue weighted by Gasteiger charge is -2.14. The van der Waals surface area contributed by atoms with E-state index in [0.29, 0.717) is 0 Å². The second kappa shape index (κ2) is 5.93. The van der Waals surface area contributed by atoms with Crippen molar-refractivity contribution >= 4 is 20.2 Å². The van der Waals surface area contributed by atoms with Crippen LogP contribution in [0.1, 0.15) is 11.1 Å². The quantitative estimate of drug-likeness (QED) is 0.806. The van der Waals surface area contributed by atoms with Gasteiger partial charge in [-0.3, -0.25) is 9.11 Å². The van der Waals surface area contributed by atoms with Crippen molar-refractivity contribution in [3.63, 3.8) is 0 Å². The summed E-state index contributed by atoms with van der Waals surface area (Å²) in [5.41, 5.74) is 0.346. The fourth-order valence-corrected chi connectivity index (χ4v) is 3.56. The molecule has 0 amide bonds. The molecule has 0 aliphatic carbocycles. The van der Waals surface area contributed by atoms with Crippen molar-refractivity contribution in [1.82, 2.24) is 0 Å². The van der Waals surface area contributed by atoms with Gasteiger partial charge < -0.3 is 4.74 Å². The second-order valence-corrected chi connectivity index (χ2v) is 7.59. The van der Waals surface area contributed by atoms with E-state index in [0.717, 1.165) is 0 Å². The van der Waals surface area contributed by atoms with Gasteiger partial charge in [-0.15, -0.1) is 0 Å². The maximum Gasteiger partial charge on any atom is 0.294 e. The molecule has 0 radical (unpaired) electrons. The normalized spacial score (nSPS) is 12.2. The van der Waals surface area contributed by atoms with E-state index in [4.69, 9.17) is 4.74 Å². The van der Waals surface area contributed by atoms with Crippen LogP contribution < -0.4 is 4.74 Å². The molecule has 2 rings (SSSR count). The molecule has 23 heavy (non-hydrogen) atoms. The molecule has 9 heteroatoms. The van der Waals surface area contributed by atoms with Crippen molar-refractivity contribution in [3.05, 3.63) is 47.5 Å². The van der Waals surface area contributed by atoms with E-state index in [1.54, 1.807) is 0 Å². The Balaban J connectivity index is 2.54. The van der Waals surface area contributed by atoms with Gasteiger partial charge in [0.1, 0.15) is 21.3 Å². The summed E-state index contributed by atoms with van der Waals surface area (Å²) in [7, 11) is -8.81. The Morgan fingerprint density at radius 2 is 1.09 bits per heavy atom. The molecule has 2 aromatic carbocycles. The third kappa shape index (κ3) is 3.70. The lowest BCUT2D eigenvalue weighted by atomic mass is 10.2. The van der Waals surface area contributed by atoms with Gasteiger partial charge in [-0.25, -0.2) is 0 Å². The average Bonchev–Trinajstić information content (AvgIpc) is 2.40. The van der Waals surface area contributed by atoms with Crippen LogP contribution in [0.2, 0.25) is 0 Å². The summed E-state index contributed by atoms with van der Waals surface area (Å²) < 4.78 is 69.1. The fourth-order valence-electron chi connectivity index (χ4n) is 2.09. The first kappa shape index (κ1) is 17.4. The summed E-state index contributed by atoms with van der Waals surface area (Å²) in [6.45, 7) is 2.89. The summed E-state index contributed by atoms with van der Waals surface area (Å²) in [5.74, 6) is 0.270. The number of ether oxygens (including phenoxy) is 1. The van der Waals surface area contributed by atoms with E-state index in [-0.39, 0.29) is 32.4 Å². The highest BCUT2D eigenvalue weighted by molar-refractivity contribution is 7.86. The van der Waals surface area contributed by atoms with Crippen molar-refractivity contribution in [2.24, 2.45) is 0 Å². The Labute approximate surface area is 134 Å². The molecule has 0 saturated heterocycles. The number of hydrogen-bond acceptors (Lipinski definition) is 5. The molecule has 0 aliphatic rings. The summed E-state index contributed by atoms with van der Waals surface area (Å²) in [4.78, 5) is -0.614. The van der Waals surface area contributed by atoms with Crippen molar-refractivity contribution in [3.8, 4) is 11.5 Å². The minimum absolute atomic E-state index is 0.135. The van der Waals surface area contributed by atoms with Gasteiger partial charge in [-0.1, -0.05) is 12.1 Å². The minimum Gasteiger partial charge on any atom is -0.457 e. The van der Waals surface area contributed by atoms with E-state index in [1.165, 1.54) is 50.2 Å². The lowest BCUT2D eigenvalue weighted by molar-refractivity contribution is 0.460. The van der Waals surface area contributed by atoms with Crippen LogP contribution in [0, 0.1) is 13.8 Å². The van der Waals surface area contributed by atoms with Crippen LogP contribution >= 0.6 is 0 Å². The Hall–Kier alpha value is -1.94. The first-order chi connectivity index (χ1) is 10.5. The van der Waals surface area contributed by atoms with E-state index in [2.05, 4.69) is 0 Å². The van der Waals surface area contributed by atoms with E-state index in [1.807, 2.05) is 0 Å². The van der Waals surface area contributed by atoms with Gasteiger partial charge in [-0.05, 0) is 38.1 Å². The molecule has 0 spiro atoms. The summed E-state index contributed by atoms with van der Waals surface area (Å²) in [6, 6.07) is 8.16. The maximum absolute atomic E-state index is 11.3. The van der Waals surface area contributed by atoms with E-state index >= 15 is 0 Å². The molecular weight excluding hydrogens is 344 g/mol. The van der Waals surface area contributed by atoms with Gasteiger partial charge in [0.2, 0.25) is 0 Å². The largest absolute Gasteiger partial charge is 0.457 e. The Kier molecular flexibility index (Phi) is 4.49. The smallest absolute Gasteiger partial charge is 0.294 e. The molecule has 0 unspecified atom stereocenters. The molecule has 0 saturated carbocycles. The van der Waals surface area contributed by atoms with Crippen LogP contribution in [0.5, 0.6) is 11.5 Å². The first-order valence-electron chi connectivity index (χ1n) is 6.34. The highest BCUT2D eigenvalue weighted by Crippen LogP contribution is 2.33. The summed E-state index contributed by atoms with van der Waals surface area (Å²) in [5, 5.41) is 0. The molecular formula is C14H14O7S2. The van der Waals surface area contributed by atoms with Gasteiger partial charge in [0.05, 0.1) is 0 Å². The van der Waals surface area contributed by atoms with Gasteiger partial charge in [0, 0.05) is 11.1 Å². The molecule has 0 aromatic heterocycles. The third-order valence-electron chi connectivity index (χ3n) is 3.24. The van der Waals surface area contributed by atoms with E-state index in [9.17, 15) is 25.9 Å². The predicted octanol–water partition coefficient (Wildman–Crippen LogP) is 2.59. The van der Waals surface area contributed by atoms with E-state index < -0.39 is 20.2 Å². The zero-order chi connectivity index (χ0) is 17.4. The minimum atomic E-state index is -4.41. The molecule has 2 aromatic rings. The summed E-state index contributed by atoms with van der Waals surface area (Å²) in [6.07, 6.45) is 0. The number of hydrogen-bond donors (Lipinski definition) is 2. The maximum atomic E-state index is 11.3. The molecule has 2 N–H and O–H groups in total. The van der Waals surface area contributed by atoms with Crippen LogP contribution in [-0.4, -0.2) is 25.9 Å². The van der Waals surface area contributed by atoms with Crippen molar-refractivity contribution in [2.45, 2.75) is 23.6 Å². The molecule has 0 atom stereocenters. The van der Waals surface area contributed by atoms with Crippen LogP contribution in [0.4, 0.5) is 0 Å². The lowest BCUT2D eigenvalue weighted by Crippen LogP contribution is -2.04. The molecule has 0 heterocycles. The van der Waals surface area contributed by atoms with Crippen LogP contribution in [0.25, 0.3) is 0 Å². The molecule has 0 aliphatic heterocycles. The highest BCUT2D eigenvalue weighted by Gasteiger charge is 2.19. The molecule has 0 bridgehead atoms. The van der Waals surface area contributed by atoms with Crippen molar-refractivity contribution < 1.29 is 30.7 Å². The zero-order valence-electron chi connectivity index (χ0n) is 12.2. The standard InChI is InChI=1S/C14H14O7S2/c1-9-11(5-3-7-13(9)22(15,16)17)21-12-6-4-8-14(10(12)2)23(18,19)20/h3-8H,1-2H3,(H,15,16,17)(H,18,19,20).